The summed E-state index contributed by atoms with van der Waals surface area (Å²) >= 11 is 9.80. The highest BCUT2D eigenvalue weighted by Crippen LogP contribution is 2.36. The van der Waals surface area contributed by atoms with E-state index < -0.39 is 0 Å². The molecule has 0 bridgehead atoms. The van der Waals surface area contributed by atoms with Gasteiger partial charge in [-0.15, -0.1) is 0 Å². The Bertz CT molecular complexity index is 797. The second kappa shape index (κ2) is 5.84. The van der Waals surface area contributed by atoms with Gasteiger partial charge in [0, 0.05) is 26.9 Å². The molecule has 21 heavy (non-hydrogen) atoms. The molecule has 0 fully saturated rings. The van der Waals surface area contributed by atoms with E-state index >= 15 is 0 Å². The standard InChI is InChI=1S/C17H15BrClNO/c1-2-14-16(11-5-3-4-6-15(11)21-14)17(20)12-9-10(18)7-8-13(12)19/h3-9,17H,2,20H2,1H3. The number of rotatable bonds is 3. The van der Waals surface area contributed by atoms with Gasteiger partial charge in [-0.3, -0.25) is 0 Å². The van der Waals surface area contributed by atoms with Crippen molar-refractivity contribution < 1.29 is 4.42 Å². The van der Waals surface area contributed by atoms with E-state index in [0.29, 0.717) is 5.02 Å². The number of aryl methyl sites for hydroxylation is 1. The molecule has 3 aromatic rings. The van der Waals surface area contributed by atoms with Gasteiger partial charge < -0.3 is 10.2 Å². The summed E-state index contributed by atoms with van der Waals surface area (Å²) in [6, 6.07) is 13.4. The van der Waals surface area contributed by atoms with Crippen LogP contribution >= 0.6 is 27.5 Å². The first-order chi connectivity index (χ1) is 10.1. The lowest BCUT2D eigenvalue weighted by Gasteiger charge is -2.15. The first-order valence-electron chi connectivity index (χ1n) is 6.82. The molecule has 2 aromatic carbocycles. The van der Waals surface area contributed by atoms with Crippen LogP contribution in [0.2, 0.25) is 5.02 Å². The van der Waals surface area contributed by atoms with Crippen molar-refractivity contribution in [3.63, 3.8) is 0 Å². The van der Waals surface area contributed by atoms with E-state index in [1.165, 1.54) is 0 Å². The predicted octanol–water partition coefficient (Wildman–Crippen LogP) is 5.46. The number of nitrogens with two attached hydrogens (primary N) is 1. The Morgan fingerprint density at radius 3 is 2.76 bits per heavy atom. The van der Waals surface area contributed by atoms with Gasteiger partial charge in [0.05, 0.1) is 6.04 Å². The Morgan fingerprint density at radius 2 is 2.00 bits per heavy atom. The Kier molecular flexibility index (Phi) is 4.07. The second-order valence-corrected chi connectivity index (χ2v) is 6.26. The molecule has 1 aromatic heterocycles. The van der Waals surface area contributed by atoms with Crippen molar-refractivity contribution in [2.24, 2.45) is 5.73 Å². The summed E-state index contributed by atoms with van der Waals surface area (Å²) in [6.45, 7) is 2.07. The molecule has 0 radical (unpaired) electrons. The third kappa shape index (κ3) is 2.61. The van der Waals surface area contributed by atoms with Crippen LogP contribution in [0.5, 0.6) is 0 Å². The smallest absolute Gasteiger partial charge is 0.134 e. The summed E-state index contributed by atoms with van der Waals surface area (Å²) in [6.07, 6.45) is 0.795. The molecule has 0 spiro atoms. The Labute approximate surface area is 137 Å². The molecule has 2 nitrogen and oxygen atoms in total. The molecule has 3 rings (SSSR count). The van der Waals surface area contributed by atoms with E-state index in [1.54, 1.807) is 0 Å². The van der Waals surface area contributed by atoms with Gasteiger partial charge in [0.25, 0.3) is 0 Å². The topological polar surface area (TPSA) is 39.2 Å². The molecule has 1 atom stereocenters. The van der Waals surface area contributed by atoms with Crippen LogP contribution in [0.4, 0.5) is 0 Å². The van der Waals surface area contributed by atoms with E-state index in [1.807, 2.05) is 42.5 Å². The highest BCUT2D eigenvalue weighted by molar-refractivity contribution is 9.10. The SMILES string of the molecule is CCc1oc2ccccc2c1C(N)c1cc(Br)ccc1Cl. The fourth-order valence-electron chi connectivity index (χ4n) is 2.63. The molecule has 1 unspecified atom stereocenters. The molecular formula is C17H15BrClNO. The monoisotopic (exact) mass is 363 g/mol. The van der Waals surface area contributed by atoms with Crippen LogP contribution in [0.15, 0.2) is 51.4 Å². The average molecular weight is 365 g/mol. The number of para-hydroxylation sites is 1. The van der Waals surface area contributed by atoms with Crippen molar-refractivity contribution in [3.05, 3.63) is 68.8 Å². The number of halogens is 2. The van der Waals surface area contributed by atoms with Gasteiger partial charge in [0.2, 0.25) is 0 Å². The zero-order chi connectivity index (χ0) is 15.0. The van der Waals surface area contributed by atoms with Gasteiger partial charge in [0.15, 0.2) is 0 Å². The third-order valence-corrected chi connectivity index (χ3v) is 4.47. The predicted molar refractivity (Wildman–Crippen MR) is 90.8 cm³/mol. The van der Waals surface area contributed by atoms with Crippen LogP contribution in [-0.4, -0.2) is 0 Å². The first-order valence-corrected chi connectivity index (χ1v) is 7.99. The molecule has 4 heteroatoms. The van der Waals surface area contributed by atoms with Crippen LogP contribution in [0.25, 0.3) is 11.0 Å². The number of furan rings is 1. The van der Waals surface area contributed by atoms with Gasteiger partial charge in [-0.25, -0.2) is 0 Å². The zero-order valence-corrected chi connectivity index (χ0v) is 13.9. The summed E-state index contributed by atoms with van der Waals surface area (Å²) in [4.78, 5) is 0. The Morgan fingerprint density at radius 1 is 1.24 bits per heavy atom. The summed E-state index contributed by atoms with van der Waals surface area (Å²) in [5.41, 5.74) is 9.29. The fraction of sp³-hybridized carbons (Fsp3) is 0.176. The summed E-state index contributed by atoms with van der Waals surface area (Å²) in [5, 5.41) is 1.72. The highest BCUT2D eigenvalue weighted by Gasteiger charge is 2.22. The highest BCUT2D eigenvalue weighted by atomic mass is 79.9. The maximum Gasteiger partial charge on any atom is 0.134 e. The summed E-state index contributed by atoms with van der Waals surface area (Å²) < 4.78 is 6.89. The number of hydrogen-bond acceptors (Lipinski definition) is 2. The Balaban J connectivity index is 2.21. The average Bonchev–Trinajstić information content (AvgIpc) is 2.87. The molecule has 0 amide bonds. The van der Waals surface area contributed by atoms with Gasteiger partial charge in [-0.1, -0.05) is 52.7 Å². The van der Waals surface area contributed by atoms with E-state index in [4.69, 9.17) is 21.8 Å². The van der Waals surface area contributed by atoms with Crippen LogP contribution < -0.4 is 5.73 Å². The zero-order valence-electron chi connectivity index (χ0n) is 11.6. The van der Waals surface area contributed by atoms with E-state index in [-0.39, 0.29) is 6.04 Å². The molecule has 0 aliphatic rings. The first kappa shape index (κ1) is 14.6. The summed E-state index contributed by atoms with van der Waals surface area (Å²) in [7, 11) is 0. The number of fused-ring (bicyclic) bond motifs is 1. The minimum Gasteiger partial charge on any atom is -0.461 e. The molecule has 0 aliphatic carbocycles. The number of hydrogen-bond donors (Lipinski definition) is 1. The van der Waals surface area contributed by atoms with E-state index in [0.717, 1.165) is 38.7 Å². The lowest BCUT2D eigenvalue weighted by atomic mass is 9.96. The van der Waals surface area contributed by atoms with Crippen molar-refractivity contribution in [3.8, 4) is 0 Å². The van der Waals surface area contributed by atoms with Crippen LogP contribution in [0.3, 0.4) is 0 Å². The molecular weight excluding hydrogens is 350 g/mol. The van der Waals surface area contributed by atoms with Gasteiger partial charge in [-0.2, -0.15) is 0 Å². The maximum absolute atomic E-state index is 6.51. The quantitative estimate of drug-likeness (QED) is 0.670. The largest absolute Gasteiger partial charge is 0.461 e. The van der Waals surface area contributed by atoms with Crippen molar-refractivity contribution in [2.75, 3.05) is 0 Å². The molecule has 0 aliphatic heterocycles. The lowest BCUT2D eigenvalue weighted by molar-refractivity contribution is 0.546. The van der Waals surface area contributed by atoms with Crippen molar-refractivity contribution in [1.82, 2.24) is 0 Å². The summed E-state index contributed by atoms with van der Waals surface area (Å²) in [5.74, 6) is 0.916. The van der Waals surface area contributed by atoms with Crippen molar-refractivity contribution in [1.29, 1.82) is 0 Å². The minimum atomic E-state index is -0.311. The van der Waals surface area contributed by atoms with Gasteiger partial charge in [-0.05, 0) is 29.8 Å². The lowest BCUT2D eigenvalue weighted by Crippen LogP contribution is -2.13. The normalized spacial score (nSPS) is 12.8. The fourth-order valence-corrected chi connectivity index (χ4v) is 3.24. The molecule has 2 N–H and O–H groups in total. The van der Waals surface area contributed by atoms with Crippen LogP contribution in [-0.2, 0) is 6.42 Å². The van der Waals surface area contributed by atoms with Gasteiger partial charge >= 0.3 is 0 Å². The molecule has 1 heterocycles. The molecule has 108 valence electrons. The number of benzene rings is 2. The van der Waals surface area contributed by atoms with Gasteiger partial charge in [0.1, 0.15) is 11.3 Å². The molecule has 0 saturated carbocycles. The molecule has 0 saturated heterocycles. The van der Waals surface area contributed by atoms with Crippen molar-refractivity contribution >= 4 is 38.5 Å². The van der Waals surface area contributed by atoms with Crippen LogP contribution in [0, 0.1) is 0 Å². The minimum absolute atomic E-state index is 0.311. The van der Waals surface area contributed by atoms with E-state index in [9.17, 15) is 0 Å². The Hall–Kier alpha value is -1.29. The van der Waals surface area contributed by atoms with Crippen LogP contribution in [0.1, 0.15) is 29.9 Å². The van der Waals surface area contributed by atoms with E-state index in [2.05, 4.69) is 22.9 Å². The second-order valence-electron chi connectivity index (χ2n) is 4.93. The maximum atomic E-state index is 6.51. The van der Waals surface area contributed by atoms with Crippen molar-refractivity contribution in [2.45, 2.75) is 19.4 Å². The third-order valence-electron chi connectivity index (χ3n) is 3.64.